The van der Waals surface area contributed by atoms with Gasteiger partial charge in [0.15, 0.2) is 0 Å². The summed E-state index contributed by atoms with van der Waals surface area (Å²) in [6.45, 7) is 0.747. The summed E-state index contributed by atoms with van der Waals surface area (Å²) in [5, 5.41) is 10.4. The van der Waals surface area contributed by atoms with Gasteiger partial charge in [0, 0.05) is 6.61 Å². The van der Waals surface area contributed by atoms with Gasteiger partial charge in [0.05, 0.1) is 6.10 Å². The lowest BCUT2D eigenvalue weighted by Gasteiger charge is -2.27. The highest BCUT2D eigenvalue weighted by atomic mass is 16.5. The largest absolute Gasteiger partial charge is 0.457 e. The van der Waals surface area contributed by atoms with Crippen LogP contribution in [0.15, 0.2) is 54.6 Å². The molecule has 2 aromatic rings. The Morgan fingerprint density at radius 3 is 2.33 bits per heavy atom. The summed E-state index contributed by atoms with van der Waals surface area (Å²) in [5.74, 6) is 1.57. The van der Waals surface area contributed by atoms with Crippen molar-refractivity contribution in [2.24, 2.45) is 0 Å². The zero-order valence-electron chi connectivity index (χ0n) is 11.9. The lowest BCUT2D eigenvalue weighted by molar-refractivity contribution is -0.0633. The van der Waals surface area contributed by atoms with E-state index in [2.05, 4.69) is 0 Å². The molecule has 0 amide bonds. The topological polar surface area (TPSA) is 38.7 Å². The molecule has 3 heteroatoms. The molecule has 3 nitrogen and oxygen atoms in total. The van der Waals surface area contributed by atoms with Crippen molar-refractivity contribution >= 4 is 0 Å². The quantitative estimate of drug-likeness (QED) is 0.919. The SMILES string of the molecule is OC(c1ccc(Oc2ccccc2)cc1)C1CCCCO1. The Hall–Kier alpha value is -1.84. The van der Waals surface area contributed by atoms with E-state index in [9.17, 15) is 5.11 Å². The van der Waals surface area contributed by atoms with Crippen molar-refractivity contribution in [2.75, 3.05) is 6.61 Å². The number of para-hydroxylation sites is 1. The van der Waals surface area contributed by atoms with Crippen LogP contribution in [0.5, 0.6) is 11.5 Å². The molecule has 2 atom stereocenters. The van der Waals surface area contributed by atoms with Crippen LogP contribution in [0.1, 0.15) is 30.9 Å². The summed E-state index contributed by atoms with van der Waals surface area (Å²) in [7, 11) is 0. The third kappa shape index (κ3) is 3.63. The molecular weight excluding hydrogens is 264 g/mol. The molecule has 0 aromatic heterocycles. The van der Waals surface area contributed by atoms with Crippen LogP contribution < -0.4 is 4.74 Å². The fourth-order valence-corrected chi connectivity index (χ4v) is 2.59. The van der Waals surface area contributed by atoms with Gasteiger partial charge in [-0.05, 0) is 49.1 Å². The molecule has 2 unspecified atom stereocenters. The number of hydrogen-bond acceptors (Lipinski definition) is 3. The van der Waals surface area contributed by atoms with E-state index in [-0.39, 0.29) is 6.10 Å². The van der Waals surface area contributed by atoms with E-state index in [0.717, 1.165) is 42.9 Å². The summed E-state index contributed by atoms with van der Waals surface area (Å²) < 4.78 is 11.4. The number of aliphatic hydroxyl groups excluding tert-OH is 1. The van der Waals surface area contributed by atoms with Gasteiger partial charge in [0.2, 0.25) is 0 Å². The lowest BCUT2D eigenvalue weighted by Crippen LogP contribution is -2.26. The minimum absolute atomic E-state index is 0.0837. The van der Waals surface area contributed by atoms with Gasteiger partial charge in [-0.2, -0.15) is 0 Å². The molecule has 0 bridgehead atoms. The first-order valence-corrected chi connectivity index (χ1v) is 7.45. The van der Waals surface area contributed by atoms with Gasteiger partial charge >= 0.3 is 0 Å². The molecule has 1 heterocycles. The highest BCUT2D eigenvalue weighted by Crippen LogP contribution is 2.28. The standard InChI is InChI=1S/C18H20O3/c19-18(17-8-4-5-13-20-17)14-9-11-16(12-10-14)21-15-6-2-1-3-7-15/h1-3,6-7,9-12,17-19H,4-5,8,13H2. The number of aliphatic hydroxyl groups is 1. The second-order valence-corrected chi connectivity index (χ2v) is 5.33. The van der Waals surface area contributed by atoms with Gasteiger partial charge in [-0.15, -0.1) is 0 Å². The molecule has 0 radical (unpaired) electrons. The maximum Gasteiger partial charge on any atom is 0.127 e. The molecule has 1 fully saturated rings. The van der Waals surface area contributed by atoms with E-state index in [1.807, 2.05) is 54.6 Å². The first-order chi connectivity index (χ1) is 10.3. The van der Waals surface area contributed by atoms with Gasteiger partial charge in [0.25, 0.3) is 0 Å². The van der Waals surface area contributed by atoms with Gasteiger partial charge < -0.3 is 14.6 Å². The molecule has 0 spiro atoms. The van der Waals surface area contributed by atoms with Crippen molar-refractivity contribution in [3.63, 3.8) is 0 Å². The first kappa shape index (κ1) is 14.1. The highest BCUT2D eigenvalue weighted by molar-refractivity contribution is 5.33. The van der Waals surface area contributed by atoms with Crippen LogP contribution in [0.25, 0.3) is 0 Å². The van der Waals surface area contributed by atoms with Crippen molar-refractivity contribution in [1.82, 2.24) is 0 Å². The van der Waals surface area contributed by atoms with Gasteiger partial charge in [-0.25, -0.2) is 0 Å². The minimum Gasteiger partial charge on any atom is -0.457 e. The van der Waals surface area contributed by atoms with Crippen LogP contribution in [0.3, 0.4) is 0 Å². The molecule has 1 aliphatic rings. The van der Waals surface area contributed by atoms with Crippen LogP contribution in [-0.4, -0.2) is 17.8 Å². The molecule has 1 aliphatic heterocycles. The second-order valence-electron chi connectivity index (χ2n) is 5.33. The fraction of sp³-hybridized carbons (Fsp3) is 0.333. The van der Waals surface area contributed by atoms with Crippen LogP contribution >= 0.6 is 0 Å². The average molecular weight is 284 g/mol. The van der Waals surface area contributed by atoms with Gasteiger partial charge in [-0.3, -0.25) is 0 Å². The van der Waals surface area contributed by atoms with E-state index in [1.54, 1.807) is 0 Å². The van der Waals surface area contributed by atoms with E-state index in [4.69, 9.17) is 9.47 Å². The van der Waals surface area contributed by atoms with Crippen molar-refractivity contribution in [3.05, 3.63) is 60.2 Å². The molecular formula is C18H20O3. The van der Waals surface area contributed by atoms with Gasteiger partial charge in [-0.1, -0.05) is 30.3 Å². The molecule has 21 heavy (non-hydrogen) atoms. The monoisotopic (exact) mass is 284 g/mol. The summed E-state index contributed by atoms with van der Waals surface area (Å²) >= 11 is 0. The predicted octanol–water partition coefficient (Wildman–Crippen LogP) is 4.08. The van der Waals surface area contributed by atoms with E-state index >= 15 is 0 Å². The zero-order valence-corrected chi connectivity index (χ0v) is 11.9. The maximum absolute atomic E-state index is 10.4. The summed E-state index contributed by atoms with van der Waals surface area (Å²) in [5.41, 5.74) is 0.877. The van der Waals surface area contributed by atoms with Gasteiger partial charge in [0.1, 0.15) is 17.6 Å². The van der Waals surface area contributed by atoms with E-state index in [1.165, 1.54) is 0 Å². The van der Waals surface area contributed by atoms with E-state index < -0.39 is 6.10 Å². The Kier molecular flexibility index (Phi) is 4.53. The van der Waals surface area contributed by atoms with Crippen molar-refractivity contribution < 1.29 is 14.6 Å². The smallest absolute Gasteiger partial charge is 0.127 e. The Morgan fingerprint density at radius 2 is 1.67 bits per heavy atom. The first-order valence-electron chi connectivity index (χ1n) is 7.45. The van der Waals surface area contributed by atoms with Crippen LogP contribution in [0, 0.1) is 0 Å². The highest BCUT2D eigenvalue weighted by Gasteiger charge is 2.23. The summed E-state index contributed by atoms with van der Waals surface area (Å²) in [6.07, 6.45) is 2.49. The van der Waals surface area contributed by atoms with Crippen molar-refractivity contribution in [2.45, 2.75) is 31.5 Å². The number of rotatable bonds is 4. The molecule has 0 saturated carbocycles. The molecule has 0 aliphatic carbocycles. The number of ether oxygens (including phenoxy) is 2. The third-order valence-corrected chi connectivity index (χ3v) is 3.77. The fourth-order valence-electron chi connectivity index (χ4n) is 2.59. The van der Waals surface area contributed by atoms with Crippen LogP contribution in [0.4, 0.5) is 0 Å². The molecule has 110 valence electrons. The van der Waals surface area contributed by atoms with Crippen molar-refractivity contribution in [1.29, 1.82) is 0 Å². The minimum atomic E-state index is -0.559. The Morgan fingerprint density at radius 1 is 0.952 bits per heavy atom. The van der Waals surface area contributed by atoms with Crippen molar-refractivity contribution in [3.8, 4) is 11.5 Å². The predicted molar refractivity (Wildman–Crippen MR) is 81.5 cm³/mol. The number of benzene rings is 2. The third-order valence-electron chi connectivity index (χ3n) is 3.77. The second kappa shape index (κ2) is 6.74. The molecule has 1 saturated heterocycles. The van der Waals surface area contributed by atoms with Crippen LogP contribution in [0.2, 0.25) is 0 Å². The normalized spacial score (nSPS) is 20.0. The molecule has 1 N–H and O–H groups in total. The Labute approximate surface area is 125 Å². The summed E-state index contributed by atoms with van der Waals surface area (Å²) in [6, 6.07) is 17.2. The van der Waals surface area contributed by atoms with Crippen LogP contribution in [-0.2, 0) is 4.74 Å². The molecule has 3 rings (SSSR count). The Bertz CT molecular complexity index is 544. The lowest BCUT2D eigenvalue weighted by atomic mass is 9.98. The summed E-state index contributed by atoms with van der Waals surface area (Å²) in [4.78, 5) is 0. The van der Waals surface area contributed by atoms with E-state index in [0.29, 0.717) is 0 Å². The zero-order chi connectivity index (χ0) is 14.5. The molecule has 2 aromatic carbocycles. The number of hydrogen-bond donors (Lipinski definition) is 1. The maximum atomic E-state index is 10.4. The average Bonchev–Trinajstić information content (AvgIpc) is 2.57. The Balaban J connectivity index is 1.66.